The minimum absolute atomic E-state index is 0.118. The van der Waals surface area contributed by atoms with Gasteiger partial charge in [-0.3, -0.25) is 0 Å². The lowest BCUT2D eigenvalue weighted by Gasteiger charge is -2.16. The predicted molar refractivity (Wildman–Crippen MR) is 95.6 cm³/mol. The second kappa shape index (κ2) is 7.81. The molecule has 2 N–H and O–H groups in total. The van der Waals surface area contributed by atoms with Crippen molar-refractivity contribution in [1.82, 2.24) is 9.97 Å². The average Bonchev–Trinajstić information content (AvgIpc) is 2.48. The highest BCUT2D eigenvalue weighted by molar-refractivity contribution is 5.64. The molecule has 1 unspecified atom stereocenters. The third kappa shape index (κ3) is 5.13. The van der Waals surface area contributed by atoms with Crippen molar-refractivity contribution in [3.05, 3.63) is 36.0 Å². The fourth-order valence-corrected chi connectivity index (χ4v) is 2.08. The van der Waals surface area contributed by atoms with Crippen LogP contribution in [0.25, 0.3) is 0 Å². The number of benzene rings is 1. The van der Waals surface area contributed by atoms with Gasteiger partial charge in [-0.25, -0.2) is 4.98 Å². The van der Waals surface area contributed by atoms with E-state index in [1.54, 1.807) is 0 Å². The largest absolute Gasteiger partial charge is 0.489 e. The lowest BCUT2D eigenvalue weighted by atomic mass is 10.2. The summed E-state index contributed by atoms with van der Waals surface area (Å²) in [6, 6.07) is 10.1. The summed E-state index contributed by atoms with van der Waals surface area (Å²) in [6.45, 7) is 10.2. The number of nitrogens with zero attached hydrogens (tertiary/aromatic N) is 2. The molecule has 0 amide bonds. The van der Waals surface area contributed by atoms with Gasteiger partial charge in [-0.15, -0.1) is 0 Å². The van der Waals surface area contributed by atoms with E-state index in [1.807, 2.05) is 51.1 Å². The highest BCUT2D eigenvalue weighted by Gasteiger charge is 2.09. The predicted octanol–water partition coefficient (Wildman–Crippen LogP) is 4.53. The SMILES string of the molecule is CCC(C)Nc1nc(C)cc(Nc2ccccc2OC(C)C)n1. The van der Waals surface area contributed by atoms with E-state index in [9.17, 15) is 0 Å². The molecule has 0 spiro atoms. The monoisotopic (exact) mass is 314 g/mol. The summed E-state index contributed by atoms with van der Waals surface area (Å²) >= 11 is 0. The van der Waals surface area contributed by atoms with Crippen LogP contribution < -0.4 is 15.4 Å². The summed E-state index contributed by atoms with van der Waals surface area (Å²) < 4.78 is 5.84. The number of rotatable bonds is 7. The molecule has 23 heavy (non-hydrogen) atoms. The summed E-state index contributed by atoms with van der Waals surface area (Å²) in [5.41, 5.74) is 1.81. The van der Waals surface area contributed by atoms with Gasteiger partial charge < -0.3 is 15.4 Å². The highest BCUT2D eigenvalue weighted by Crippen LogP contribution is 2.28. The Labute approximate surface area is 138 Å². The van der Waals surface area contributed by atoms with Crippen LogP contribution in [0.15, 0.2) is 30.3 Å². The molecule has 0 saturated carbocycles. The molecule has 0 aliphatic carbocycles. The molecule has 1 aromatic carbocycles. The molecule has 0 bridgehead atoms. The standard InChI is InChI=1S/C18H26N4O/c1-6-13(4)19-18-20-14(5)11-17(22-18)21-15-9-7-8-10-16(15)23-12(2)3/h7-13H,6H2,1-5H3,(H2,19,20,21,22). The van der Waals surface area contributed by atoms with Gasteiger partial charge in [-0.1, -0.05) is 19.1 Å². The van der Waals surface area contributed by atoms with Crippen LogP contribution in [0.2, 0.25) is 0 Å². The van der Waals surface area contributed by atoms with Gasteiger partial charge in [0.25, 0.3) is 0 Å². The van der Waals surface area contributed by atoms with Gasteiger partial charge in [0.15, 0.2) is 0 Å². The van der Waals surface area contributed by atoms with Gasteiger partial charge in [0, 0.05) is 17.8 Å². The minimum atomic E-state index is 0.118. The number of ether oxygens (including phenoxy) is 1. The molecule has 2 aromatic rings. The van der Waals surface area contributed by atoms with E-state index < -0.39 is 0 Å². The van der Waals surface area contributed by atoms with Crippen molar-refractivity contribution in [2.24, 2.45) is 0 Å². The van der Waals surface area contributed by atoms with Crippen LogP contribution in [0.3, 0.4) is 0 Å². The lowest BCUT2D eigenvalue weighted by molar-refractivity contribution is 0.244. The molecule has 5 nitrogen and oxygen atoms in total. The van der Waals surface area contributed by atoms with Crippen molar-refractivity contribution in [3.8, 4) is 5.75 Å². The Kier molecular flexibility index (Phi) is 5.79. The lowest BCUT2D eigenvalue weighted by Crippen LogP contribution is -2.16. The Morgan fingerprint density at radius 2 is 1.87 bits per heavy atom. The molecular weight excluding hydrogens is 288 g/mol. The van der Waals surface area contributed by atoms with Crippen LogP contribution in [-0.4, -0.2) is 22.1 Å². The molecule has 0 fully saturated rings. The molecule has 124 valence electrons. The second-order valence-corrected chi connectivity index (χ2v) is 5.96. The maximum atomic E-state index is 5.84. The van der Waals surface area contributed by atoms with Gasteiger partial charge in [0.05, 0.1) is 11.8 Å². The topological polar surface area (TPSA) is 59.1 Å². The van der Waals surface area contributed by atoms with Crippen LogP contribution in [0.4, 0.5) is 17.5 Å². The zero-order valence-corrected chi connectivity index (χ0v) is 14.6. The Hall–Kier alpha value is -2.30. The maximum absolute atomic E-state index is 5.84. The summed E-state index contributed by atoms with van der Waals surface area (Å²) in [4.78, 5) is 8.99. The van der Waals surface area contributed by atoms with Crippen molar-refractivity contribution >= 4 is 17.5 Å². The molecule has 1 atom stereocenters. The fraction of sp³-hybridized carbons (Fsp3) is 0.444. The molecule has 0 saturated heterocycles. The zero-order valence-electron chi connectivity index (χ0n) is 14.6. The number of aromatic nitrogens is 2. The number of aryl methyl sites for hydroxylation is 1. The normalized spacial score (nSPS) is 12.1. The molecule has 0 radical (unpaired) electrons. The van der Waals surface area contributed by atoms with Crippen LogP contribution in [0.5, 0.6) is 5.75 Å². The zero-order chi connectivity index (χ0) is 16.8. The summed E-state index contributed by atoms with van der Waals surface area (Å²) in [6.07, 6.45) is 1.14. The first kappa shape index (κ1) is 17.1. The number of nitrogens with one attached hydrogen (secondary N) is 2. The first-order chi connectivity index (χ1) is 11.0. The second-order valence-electron chi connectivity index (χ2n) is 5.96. The van der Waals surface area contributed by atoms with Gasteiger partial charge in [-0.05, 0) is 46.2 Å². The van der Waals surface area contributed by atoms with Crippen LogP contribution in [0, 0.1) is 6.92 Å². The number of hydrogen-bond acceptors (Lipinski definition) is 5. The Morgan fingerprint density at radius 1 is 1.13 bits per heavy atom. The summed E-state index contributed by atoms with van der Waals surface area (Å²) in [5, 5.41) is 6.65. The molecule has 2 rings (SSSR count). The molecule has 0 aliphatic rings. The van der Waals surface area contributed by atoms with Crippen molar-refractivity contribution < 1.29 is 4.74 Å². The van der Waals surface area contributed by atoms with E-state index in [-0.39, 0.29) is 6.10 Å². The fourth-order valence-electron chi connectivity index (χ4n) is 2.08. The number of anilines is 3. The van der Waals surface area contributed by atoms with Crippen molar-refractivity contribution in [3.63, 3.8) is 0 Å². The third-order valence-electron chi connectivity index (χ3n) is 3.35. The van der Waals surface area contributed by atoms with E-state index in [0.29, 0.717) is 12.0 Å². The smallest absolute Gasteiger partial charge is 0.225 e. The van der Waals surface area contributed by atoms with E-state index in [0.717, 1.165) is 29.4 Å². The van der Waals surface area contributed by atoms with Gasteiger partial charge in [0.2, 0.25) is 5.95 Å². The molecule has 1 aromatic heterocycles. The number of hydrogen-bond donors (Lipinski definition) is 2. The summed E-state index contributed by atoms with van der Waals surface area (Å²) in [5.74, 6) is 2.21. The molecule has 0 aliphatic heterocycles. The quantitative estimate of drug-likeness (QED) is 0.786. The van der Waals surface area contributed by atoms with Crippen molar-refractivity contribution in [2.45, 2.75) is 53.2 Å². The Morgan fingerprint density at radius 3 is 2.57 bits per heavy atom. The molecular formula is C18H26N4O. The average molecular weight is 314 g/mol. The van der Waals surface area contributed by atoms with Gasteiger partial charge in [-0.2, -0.15) is 4.98 Å². The number of para-hydroxylation sites is 2. The Bertz CT molecular complexity index is 643. The minimum Gasteiger partial charge on any atom is -0.489 e. The van der Waals surface area contributed by atoms with Gasteiger partial charge >= 0.3 is 0 Å². The van der Waals surface area contributed by atoms with Crippen molar-refractivity contribution in [1.29, 1.82) is 0 Å². The first-order valence-electron chi connectivity index (χ1n) is 8.13. The molecule has 5 heteroatoms. The van der Waals surface area contributed by atoms with E-state index in [1.165, 1.54) is 0 Å². The van der Waals surface area contributed by atoms with E-state index in [4.69, 9.17) is 4.74 Å². The Balaban J connectivity index is 2.23. The van der Waals surface area contributed by atoms with Crippen LogP contribution in [0.1, 0.15) is 39.8 Å². The molecule has 1 heterocycles. The maximum Gasteiger partial charge on any atom is 0.225 e. The van der Waals surface area contributed by atoms with Crippen molar-refractivity contribution in [2.75, 3.05) is 10.6 Å². The third-order valence-corrected chi connectivity index (χ3v) is 3.35. The first-order valence-corrected chi connectivity index (χ1v) is 8.13. The van der Waals surface area contributed by atoms with E-state index >= 15 is 0 Å². The van der Waals surface area contributed by atoms with Crippen LogP contribution >= 0.6 is 0 Å². The highest BCUT2D eigenvalue weighted by atomic mass is 16.5. The van der Waals surface area contributed by atoms with E-state index in [2.05, 4.69) is 34.4 Å². The summed E-state index contributed by atoms with van der Waals surface area (Å²) in [7, 11) is 0. The van der Waals surface area contributed by atoms with Crippen LogP contribution in [-0.2, 0) is 0 Å². The van der Waals surface area contributed by atoms with Gasteiger partial charge in [0.1, 0.15) is 11.6 Å².